The number of amides is 2. The highest BCUT2D eigenvalue weighted by atomic mass is 32.2. The lowest BCUT2D eigenvalue weighted by Gasteiger charge is -2.25. The highest BCUT2D eigenvalue weighted by molar-refractivity contribution is 7.98. The molecule has 0 spiro atoms. The van der Waals surface area contributed by atoms with E-state index >= 15 is 0 Å². The number of aryl methyl sites for hydroxylation is 2. The first-order valence-electron chi connectivity index (χ1n) is 11.8. The number of carbonyl (C=O) groups is 2. The number of carbonyl (C=O) groups excluding carboxylic acids is 2. The number of hydrogen-bond donors (Lipinski definition) is 2. The summed E-state index contributed by atoms with van der Waals surface area (Å²) < 4.78 is 0. The van der Waals surface area contributed by atoms with Gasteiger partial charge in [0.25, 0.3) is 5.56 Å². The Balaban J connectivity index is 1.15. The predicted octanol–water partition coefficient (Wildman–Crippen LogP) is 3.58. The van der Waals surface area contributed by atoms with Crippen molar-refractivity contribution >= 4 is 45.1 Å². The van der Waals surface area contributed by atoms with Crippen LogP contribution in [0.5, 0.6) is 0 Å². The van der Waals surface area contributed by atoms with Gasteiger partial charge < -0.3 is 15.2 Å². The summed E-state index contributed by atoms with van der Waals surface area (Å²) in [6.07, 6.45) is 4.96. The molecule has 178 valence electrons. The Labute approximate surface area is 206 Å². The third kappa shape index (κ3) is 5.05. The molecule has 0 radical (unpaired) electrons. The minimum absolute atomic E-state index is 0.0418. The van der Waals surface area contributed by atoms with Crippen LogP contribution in [0.1, 0.15) is 53.6 Å². The molecule has 1 aromatic carbocycles. The molecule has 1 fully saturated rings. The van der Waals surface area contributed by atoms with Gasteiger partial charge in [-0.2, -0.15) is 11.8 Å². The largest absolute Gasteiger partial charge is 0.347 e. The maximum absolute atomic E-state index is 12.7. The number of benzene rings is 1. The molecule has 3 heterocycles. The molecule has 2 amide bonds. The van der Waals surface area contributed by atoms with Crippen LogP contribution in [0.2, 0.25) is 0 Å². The first kappa shape index (κ1) is 23.1. The number of rotatable bonds is 9. The Hall–Kier alpha value is -2.65. The van der Waals surface area contributed by atoms with Crippen molar-refractivity contribution in [2.24, 2.45) is 0 Å². The third-order valence-electron chi connectivity index (χ3n) is 6.45. The average molecular weight is 497 g/mol. The van der Waals surface area contributed by atoms with Crippen LogP contribution in [-0.2, 0) is 28.2 Å². The molecule has 9 heteroatoms. The summed E-state index contributed by atoms with van der Waals surface area (Å²) in [5.74, 6) is 1.96. The van der Waals surface area contributed by atoms with Crippen LogP contribution in [0.25, 0.3) is 10.2 Å². The number of H-pyrrole nitrogens is 1. The van der Waals surface area contributed by atoms with E-state index in [1.165, 1.54) is 10.4 Å². The zero-order valence-corrected chi connectivity index (χ0v) is 20.6. The molecule has 7 nitrogen and oxygen atoms in total. The SMILES string of the molecule is O=C(CCSCc1nc2sc3c(c2c(=O)[nH]1)CCC3)NC(CN1CCCC1=O)c1ccccc1. The van der Waals surface area contributed by atoms with E-state index in [9.17, 15) is 14.4 Å². The second kappa shape index (κ2) is 10.3. The fraction of sp³-hybridized carbons (Fsp3) is 0.440. The zero-order chi connectivity index (χ0) is 23.5. The topological polar surface area (TPSA) is 95.2 Å². The van der Waals surface area contributed by atoms with Gasteiger partial charge in [-0.1, -0.05) is 30.3 Å². The molecule has 1 unspecified atom stereocenters. The van der Waals surface area contributed by atoms with Gasteiger partial charge in [0.05, 0.1) is 17.2 Å². The molecule has 3 aromatic rings. The van der Waals surface area contributed by atoms with Gasteiger partial charge in [-0.3, -0.25) is 14.4 Å². The second-order valence-corrected chi connectivity index (χ2v) is 11.0. The Kier molecular flexibility index (Phi) is 7.01. The summed E-state index contributed by atoms with van der Waals surface area (Å²) in [6, 6.07) is 9.59. The zero-order valence-electron chi connectivity index (χ0n) is 19.0. The normalized spacial score (nSPS) is 16.2. The smallest absolute Gasteiger partial charge is 0.259 e. The van der Waals surface area contributed by atoms with Crippen LogP contribution >= 0.6 is 23.1 Å². The van der Waals surface area contributed by atoms with Crippen LogP contribution in [0.15, 0.2) is 35.1 Å². The van der Waals surface area contributed by atoms with Crippen molar-refractivity contribution in [2.45, 2.75) is 50.3 Å². The van der Waals surface area contributed by atoms with E-state index in [2.05, 4.69) is 15.3 Å². The molecule has 5 rings (SSSR count). The van der Waals surface area contributed by atoms with E-state index in [-0.39, 0.29) is 23.4 Å². The van der Waals surface area contributed by atoms with Crippen LogP contribution in [-0.4, -0.2) is 45.5 Å². The van der Waals surface area contributed by atoms with Crippen LogP contribution in [0.4, 0.5) is 0 Å². The van der Waals surface area contributed by atoms with E-state index < -0.39 is 0 Å². The minimum atomic E-state index is -0.220. The average Bonchev–Trinajstić information content (AvgIpc) is 3.53. The Morgan fingerprint density at radius 3 is 2.82 bits per heavy atom. The molecule has 1 saturated heterocycles. The number of thiophene rings is 1. The van der Waals surface area contributed by atoms with Crippen molar-refractivity contribution in [1.82, 2.24) is 20.2 Å². The van der Waals surface area contributed by atoms with E-state index in [1.54, 1.807) is 23.1 Å². The summed E-state index contributed by atoms with van der Waals surface area (Å²) in [5, 5.41) is 3.89. The molecule has 2 aromatic heterocycles. The van der Waals surface area contributed by atoms with Crippen molar-refractivity contribution in [3.63, 3.8) is 0 Å². The molecule has 1 atom stereocenters. The predicted molar refractivity (Wildman–Crippen MR) is 136 cm³/mol. The van der Waals surface area contributed by atoms with Crippen molar-refractivity contribution in [3.05, 3.63) is 62.5 Å². The Bertz CT molecular complexity index is 1250. The summed E-state index contributed by atoms with van der Waals surface area (Å²) in [7, 11) is 0. The molecular formula is C25H28N4O3S2. The van der Waals surface area contributed by atoms with Gasteiger partial charge in [0, 0.05) is 36.6 Å². The molecule has 2 aliphatic rings. The van der Waals surface area contributed by atoms with E-state index in [0.29, 0.717) is 36.7 Å². The van der Waals surface area contributed by atoms with Crippen molar-refractivity contribution in [2.75, 3.05) is 18.8 Å². The first-order chi connectivity index (χ1) is 16.6. The van der Waals surface area contributed by atoms with Crippen molar-refractivity contribution in [3.8, 4) is 0 Å². The molecule has 1 aliphatic carbocycles. The second-order valence-electron chi connectivity index (χ2n) is 8.83. The van der Waals surface area contributed by atoms with Gasteiger partial charge in [0.1, 0.15) is 10.7 Å². The minimum Gasteiger partial charge on any atom is -0.347 e. The standard InChI is InChI=1S/C25H28N4O3S2/c30-21(26-18(16-6-2-1-3-7-16)14-29-12-5-10-22(29)31)11-13-33-15-20-27-24(32)23-17-8-4-9-19(17)34-25(23)28-20/h1-3,6-7,18H,4-5,8-15H2,(H,26,30)(H,27,28,32). The number of fused-ring (bicyclic) bond motifs is 3. The highest BCUT2D eigenvalue weighted by Crippen LogP contribution is 2.34. The van der Waals surface area contributed by atoms with Gasteiger partial charge in [-0.25, -0.2) is 4.98 Å². The first-order valence-corrected chi connectivity index (χ1v) is 13.8. The molecule has 34 heavy (non-hydrogen) atoms. The van der Waals surface area contributed by atoms with Gasteiger partial charge in [-0.15, -0.1) is 11.3 Å². The van der Waals surface area contributed by atoms with Crippen LogP contribution in [0.3, 0.4) is 0 Å². The lowest BCUT2D eigenvalue weighted by atomic mass is 10.1. The fourth-order valence-electron chi connectivity index (χ4n) is 4.75. The lowest BCUT2D eigenvalue weighted by molar-refractivity contribution is -0.129. The third-order valence-corrected chi connectivity index (χ3v) is 8.60. The number of nitrogens with zero attached hydrogens (tertiary/aromatic N) is 2. The van der Waals surface area contributed by atoms with E-state index in [4.69, 9.17) is 0 Å². The van der Waals surface area contributed by atoms with Gasteiger partial charge in [0.15, 0.2) is 0 Å². The number of hydrogen-bond acceptors (Lipinski definition) is 6. The van der Waals surface area contributed by atoms with Gasteiger partial charge >= 0.3 is 0 Å². The molecule has 1 aliphatic heterocycles. The lowest BCUT2D eigenvalue weighted by Crippen LogP contribution is -2.38. The summed E-state index contributed by atoms with van der Waals surface area (Å²) in [6.45, 7) is 1.24. The van der Waals surface area contributed by atoms with E-state index in [1.807, 2.05) is 35.2 Å². The number of aromatic amines is 1. The van der Waals surface area contributed by atoms with E-state index in [0.717, 1.165) is 48.0 Å². The highest BCUT2D eigenvalue weighted by Gasteiger charge is 2.25. The number of aromatic nitrogens is 2. The fourth-order valence-corrected chi connectivity index (χ4v) is 6.84. The quantitative estimate of drug-likeness (QED) is 0.442. The maximum Gasteiger partial charge on any atom is 0.259 e. The Morgan fingerprint density at radius 1 is 1.18 bits per heavy atom. The number of likely N-dealkylation sites (tertiary alicyclic amines) is 1. The summed E-state index contributed by atoms with van der Waals surface area (Å²) >= 11 is 3.23. The van der Waals surface area contributed by atoms with Gasteiger partial charge in [0.2, 0.25) is 11.8 Å². The number of nitrogens with one attached hydrogen (secondary N) is 2. The van der Waals surface area contributed by atoms with Crippen LogP contribution < -0.4 is 10.9 Å². The van der Waals surface area contributed by atoms with Crippen LogP contribution in [0, 0.1) is 0 Å². The molecular weight excluding hydrogens is 468 g/mol. The van der Waals surface area contributed by atoms with Crippen molar-refractivity contribution < 1.29 is 9.59 Å². The maximum atomic E-state index is 12.7. The molecule has 0 saturated carbocycles. The van der Waals surface area contributed by atoms with Gasteiger partial charge in [-0.05, 0) is 36.8 Å². The summed E-state index contributed by atoms with van der Waals surface area (Å²) in [4.78, 5) is 49.0. The molecule has 2 N–H and O–H groups in total. The Morgan fingerprint density at radius 2 is 2.03 bits per heavy atom. The summed E-state index contributed by atoms with van der Waals surface area (Å²) in [5.41, 5.74) is 2.15. The number of thioether (sulfide) groups is 1. The monoisotopic (exact) mass is 496 g/mol. The molecule has 0 bridgehead atoms. The van der Waals surface area contributed by atoms with Crippen molar-refractivity contribution in [1.29, 1.82) is 0 Å².